The first kappa shape index (κ1) is 30.6. The molecular weight excluding hydrogens is 645 g/mol. The predicted molar refractivity (Wildman–Crippen MR) is 219 cm³/mol. The van der Waals surface area contributed by atoms with Crippen LogP contribution in [0.2, 0.25) is 0 Å². The quantitative estimate of drug-likeness (QED) is 0.176. The lowest BCUT2D eigenvalue weighted by atomic mass is 9.94. The molecule has 8 aromatic carbocycles. The molecule has 10 aromatic rings. The first-order valence-electron chi connectivity index (χ1n) is 17.9. The van der Waals surface area contributed by atoms with Gasteiger partial charge < -0.3 is 4.57 Å². The Labute approximate surface area is 307 Å². The maximum absolute atomic E-state index is 5.19. The lowest BCUT2D eigenvalue weighted by Gasteiger charge is -2.13. The van der Waals surface area contributed by atoms with Gasteiger partial charge in [0.2, 0.25) is 0 Å². The Morgan fingerprint density at radius 3 is 1.42 bits per heavy atom. The summed E-state index contributed by atoms with van der Waals surface area (Å²) in [5, 5.41) is 4.75. The van der Waals surface area contributed by atoms with Gasteiger partial charge in [-0.15, -0.1) is 0 Å². The van der Waals surface area contributed by atoms with Gasteiger partial charge in [-0.25, -0.2) is 15.0 Å². The van der Waals surface area contributed by atoms with Crippen LogP contribution in [-0.4, -0.2) is 19.5 Å². The number of hydrogen-bond acceptors (Lipinski definition) is 3. The Bertz CT molecular complexity index is 2890. The monoisotopic (exact) mass is 676 g/mol. The summed E-state index contributed by atoms with van der Waals surface area (Å²) in [4.78, 5) is 15.4. The van der Waals surface area contributed by atoms with Crippen molar-refractivity contribution in [1.82, 2.24) is 19.5 Å². The fraction of sp³-hybridized carbons (Fsp3) is 0. The van der Waals surface area contributed by atoms with Crippen molar-refractivity contribution in [3.05, 3.63) is 194 Å². The van der Waals surface area contributed by atoms with Crippen molar-refractivity contribution in [1.29, 1.82) is 0 Å². The highest BCUT2D eigenvalue weighted by Crippen LogP contribution is 2.37. The maximum Gasteiger partial charge on any atom is 0.164 e. The zero-order valence-corrected chi connectivity index (χ0v) is 28.8. The van der Waals surface area contributed by atoms with Gasteiger partial charge in [-0.3, -0.25) is 0 Å². The van der Waals surface area contributed by atoms with Gasteiger partial charge in [0, 0.05) is 33.2 Å². The van der Waals surface area contributed by atoms with Crippen LogP contribution in [0.25, 0.3) is 94.7 Å². The van der Waals surface area contributed by atoms with Gasteiger partial charge >= 0.3 is 0 Å². The molecule has 0 saturated heterocycles. The van der Waals surface area contributed by atoms with E-state index in [1.165, 1.54) is 32.9 Å². The molecular formula is C49H32N4. The highest BCUT2D eigenvalue weighted by Gasteiger charge is 2.17. The lowest BCUT2D eigenvalue weighted by Crippen LogP contribution is -2.01. The predicted octanol–water partition coefficient (Wildman–Crippen LogP) is 12.5. The molecule has 0 amide bonds. The van der Waals surface area contributed by atoms with Gasteiger partial charge in [-0.05, 0) is 69.4 Å². The zero-order chi connectivity index (χ0) is 35.1. The van der Waals surface area contributed by atoms with Crippen molar-refractivity contribution in [2.45, 2.75) is 0 Å². The summed E-state index contributed by atoms with van der Waals surface area (Å²) in [5.41, 5.74) is 10.9. The third-order valence-corrected chi connectivity index (χ3v) is 10.1. The summed E-state index contributed by atoms with van der Waals surface area (Å²) in [6, 6.07) is 68.1. The second-order valence-corrected chi connectivity index (χ2v) is 13.2. The Balaban J connectivity index is 1.11. The zero-order valence-electron chi connectivity index (χ0n) is 28.8. The number of benzene rings is 8. The average molecular weight is 677 g/mol. The molecule has 4 heteroatoms. The van der Waals surface area contributed by atoms with Crippen molar-refractivity contribution in [3.63, 3.8) is 0 Å². The highest BCUT2D eigenvalue weighted by molar-refractivity contribution is 6.09. The summed E-state index contributed by atoms with van der Waals surface area (Å²) in [5.74, 6) is 1.91. The third-order valence-electron chi connectivity index (χ3n) is 10.1. The molecule has 2 aromatic heterocycles. The van der Waals surface area contributed by atoms with Crippen LogP contribution in [0.15, 0.2) is 194 Å². The molecule has 248 valence electrons. The van der Waals surface area contributed by atoms with E-state index in [0.717, 1.165) is 44.3 Å². The van der Waals surface area contributed by atoms with Crippen LogP contribution < -0.4 is 0 Å². The molecule has 0 bridgehead atoms. The molecule has 0 N–H and O–H groups in total. The van der Waals surface area contributed by atoms with Gasteiger partial charge in [0.25, 0.3) is 0 Å². The maximum atomic E-state index is 5.19. The second-order valence-electron chi connectivity index (χ2n) is 13.2. The topological polar surface area (TPSA) is 43.6 Å². The number of fused-ring (bicyclic) bond motifs is 4. The SMILES string of the molecule is c1ccc(-c2nc(-c3cccc(-c4cccc(-n5c6ccccc6c6ccccc65)c4)c3)nc(-c3ccc(-c4ccccc4)c4ccccc34)n2)cc1. The molecule has 0 saturated carbocycles. The largest absolute Gasteiger partial charge is 0.309 e. The molecule has 0 fully saturated rings. The second kappa shape index (κ2) is 12.9. The van der Waals surface area contributed by atoms with Crippen LogP contribution >= 0.6 is 0 Å². The summed E-state index contributed by atoms with van der Waals surface area (Å²) >= 11 is 0. The molecule has 0 spiro atoms. The smallest absolute Gasteiger partial charge is 0.164 e. The van der Waals surface area contributed by atoms with Crippen LogP contribution in [0, 0.1) is 0 Å². The van der Waals surface area contributed by atoms with Gasteiger partial charge in [0.05, 0.1) is 11.0 Å². The third kappa shape index (κ3) is 5.45. The molecule has 0 aliphatic heterocycles. The van der Waals surface area contributed by atoms with Crippen molar-refractivity contribution in [2.75, 3.05) is 0 Å². The molecule has 0 unspecified atom stereocenters. The van der Waals surface area contributed by atoms with E-state index >= 15 is 0 Å². The Morgan fingerprint density at radius 2 is 0.736 bits per heavy atom. The molecule has 0 radical (unpaired) electrons. The highest BCUT2D eigenvalue weighted by atomic mass is 15.0. The number of para-hydroxylation sites is 2. The molecule has 10 rings (SSSR count). The van der Waals surface area contributed by atoms with Gasteiger partial charge in [0.1, 0.15) is 0 Å². The van der Waals surface area contributed by atoms with Gasteiger partial charge in [0.15, 0.2) is 17.5 Å². The summed E-state index contributed by atoms with van der Waals surface area (Å²) in [7, 11) is 0. The van der Waals surface area contributed by atoms with E-state index in [4.69, 9.17) is 15.0 Å². The lowest BCUT2D eigenvalue weighted by molar-refractivity contribution is 1.08. The van der Waals surface area contributed by atoms with Crippen LogP contribution in [-0.2, 0) is 0 Å². The van der Waals surface area contributed by atoms with Crippen molar-refractivity contribution < 1.29 is 0 Å². The normalized spacial score (nSPS) is 11.4. The molecule has 0 aliphatic carbocycles. The van der Waals surface area contributed by atoms with E-state index in [9.17, 15) is 0 Å². The fourth-order valence-corrected chi connectivity index (χ4v) is 7.57. The van der Waals surface area contributed by atoms with E-state index in [1.54, 1.807) is 0 Å². The molecule has 53 heavy (non-hydrogen) atoms. The number of rotatable bonds is 6. The summed E-state index contributed by atoms with van der Waals surface area (Å²) < 4.78 is 2.36. The standard InChI is InChI=1S/C49H32N4/c1-3-15-33(16-4-1)39-29-30-44(41-24-8-7-23-40(39)41)49-51-47(34-17-5-2-6-18-34)50-48(52-49)37-21-13-19-35(31-37)36-20-14-22-38(32-36)53-45-27-11-9-25-42(45)43-26-10-12-28-46(43)53/h1-32H. The minimum absolute atomic E-state index is 0.630. The van der Waals surface area contributed by atoms with Crippen molar-refractivity contribution in [2.24, 2.45) is 0 Å². The van der Waals surface area contributed by atoms with E-state index in [-0.39, 0.29) is 0 Å². The number of aromatic nitrogens is 4. The minimum atomic E-state index is 0.630. The Kier molecular flexibility index (Phi) is 7.43. The van der Waals surface area contributed by atoms with E-state index in [1.807, 2.05) is 18.2 Å². The average Bonchev–Trinajstić information content (AvgIpc) is 3.58. The molecule has 4 nitrogen and oxygen atoms in total. The van der Waals surface area contributed by atoms with Gasteiger partial charge in [-0.1, -0.05) is 158 Å². The van der Waals surface area contributed by atoms with E-state index in [2.05, 4.69) is 180 Å². The van der Waals surface area contributed by atoms with Gasteiger partial charge in [-0.2, -0.15) is 0 Å². The Hall–Kier alpha value is -7.17. The van der Waals surface area contributed by atoms with Crippen molar-refractivity contribution >= 4 is 32.6 Å². The summed E-state index contributed by atoms with van der Waals surface area (Å²) in [6.07, 6.45) is 0. The Morgan fingerprint density at radius 1 is 0.283 bits per heavy atom. The summed E-state index contributed by atoms with van der Waals surface area (Å²) in [6.45, 7) is 0. The molecule has 0 aliphatic rings. The minimum Gasteiger partial charge on any atom is -0.309 e. The first-order valence-corrected chi connectivity index (χ1v) is 17.9. The molecule has 0 atom stereocenters. The number of nitrogens with zero attached hydrogens (tertiary/aromatic N) is 4. The first-order chi connectivity index (χ1) is 26.3. The molecule has 2 heterocycles. The van der Waals surface area contributed by atoms with Crippen LogP contribution in [0.4, 0.5) is 0 Å². The van der Waals surface area contributed by atoms with Crippen LogP contribution in [0.1, 0.15) is 0 Å². The van der Waals surface area contributed by atoms with E-state index < -0.39 is 0 Å². The number of hydrogen-bond donors (Lipinski definition) is 0. The fourth-order valence-electron chi connectivity index (χ4n) is 7.57. The van der Waals surface area contributed by atoms with Crippen LogP contribution in [0.3, 0.4) is 0 Å². The van der Waals surface area contributed by atoms with Crippen LogP contribution in [0.5, 0.6) is 0 Å². The van der Waals surface area contributed by atoms with E-state index in [0.29, 0.717) is 17.5 Å². The van der Waals surface area contributed by atoms with Crippen molar-refractivity contribution in [3.8, 4) is 62.1 Å².